The average molecular weight is 360 g/mol. The zero-order chi connectivity index (χ0) is 14.2. The van der Waals surface area contributed by atoms with Gasteiger partial charge in [-0.1, -0.05) is 6.92 Å². The van der Waals surface area contributed by atoms with Crippen molar-refractivity contribution in [2.24, 2.45) is 0 Å². The van der Waals surface area contributed by atoms with Crippen LogP contribution >= 0.6 is 60.5 Å². The van der Waals surface area contributed by atoms with Gasteiger partial charge in [0.1, 0.15) is 0 Å². The summed E-state index contributed by atoms with van der Waals surface area (Å²) in [4.78, 5) is 2.63. The molecule has 0 aromatic heterocycles. The van der Waals surface area contributed by atoms with Crippen LogP contribution in [0.1, 0.15) is 13.3 Å². The maximum Gasteiger partial charge on any atom is 0.00727 e. The van der Waals surface area contributed by atoms with Gasteiger partial charge in [0.15, 0.2) is 0 Å². The average Bonchev–Trinajstić information content (AvgIpc) is 2.43. The highest BCUT2D eigenvalue weighted by Gasteiger charge is 2.04. The second-order valence-electron chi connectivity index (χ2n) is 4.06. The molecule has 116 valence electrons. The van der Waals surface area contributed by atoms with Crippen molar-refractivity contribution in [2.45, 2.75) is 13.3 Å². The van der Waals surface area contributed by atoms with Crippen molar-refractivity contribution in [3.8, 4) is 0 Å². The summed E-state index contributed by atoms with van der Waals surface area (Å²) in [6.07, 6.45) is 1.33. The molecule has 0 spiro atoms. The Balaban J connectivity index is 3.66. The van der Waals surface area contributed by atoms with Gasteiger partial charge in [-0.05, 0) is 36.0 Å². The minimum atomic E-state index is 0.996. The first kappa shape index (κ1) is 20.7. The van der Waals surface area contributed by atoms with E-state index in [4.69, 9.17) is 0 Å². The summed E-state index contributed by atoms with van der Waals surface area (Å²) < 4.78 is 0. The molecular formula is C13H29NS5. The van der Waals surface area contributed by atoms with Crippen molar-refractivity contribution < 1.29 is 0 Å². The van der Waals surface area contributed by atoms with E-state index >= 15 is 0 Å². The van der Waals surface area contributed by atoms with Crippen LogP contribution in [0.2, 0.25) is 0 Å². The van der Waals surface area contributed by atoms with E-state index in [-0.39, 0.29) is 0 Å². The predicted molar refractivity (Wildman–Crippen MR) is 106 cm³/mol. The first-order valence-electron chi connectivity index (χ1n) is 7.02. The van der Waals surface area contributed by atoms with E-state index in [9.17, 15) is 0 Å². The quantitative estimate of drug-likeness (QED) is 0.338. The van der Waals surface area contributed by atoms with E-state index in [1.165, 1.54) is 60.6 Å². The Labute approximate surface area is 144 Å². The highest BCUT2D eigenvalue weighted by atomic mass is 32.2. The number of thiol groups is 2. The van der Waals surface area contributed by atoms with Gasteiger partial charge in [0.25, 0.3) is 0 Å². The van der Waals surface area contributed by atoms with Crippen molar-refractivity contribution in [1.29, 1.82) is 0 Å². The summed E-state index contributed by atoms with van der Waals surface area (Å²) in [6, 6.07) is 0. The van der Waals surface area contributed by atoms with E-state index < -0.39 is 0 Å². The fraction of sp³-hybridized carbons (Fsp3) is 1.00. The first-order chi connectivity index (χ1) is 9.35. The number of thioether (sulfide) groups is 3. The Hall–Kier alpha value is 1.71. The first-order valence-corrected chi connectivity index (χ1v) is 11.7. The summed E-state index contributed by atoms with van der Waals surface area (Å²) in [5.41, 5.74) is 0. The van der Waals surface area contributed by atoms with Crippen LogP contribution in [0.4, 0.5) is 0 Å². The molecule has 0 aromatic rings. The van der Waals surface area contributed by atoms with Gasteiger partial charge in [-0.3, -0.25) is 0 Å². The Morgan fingerprint density at radius 1 is 0.737 bits per heavy atom. The van der Waals surface area contributed by atoms with Gasteiger partial charge in [-0.25, -0.2) is 0 Å². The lowest BCUT2D eigenvalue weighted by Gasteiger charge is -2.21. The molecule has 0 atom stereocenters. The Morgan fingerprint density at radius 3 is 1.79 bits per heavy atom. The smallest absolute Gasteiger partial charge is 0.00727 e. The molecule has 6 heteroatoms. The van der Waals surface area contributed by atoms with Crippen molar-refractivity contribution in [2.75, 3.05) is 65.7 Å². The van der Waals surface area contributed by atoms with Crippen molar-refractivity contribution in [3.63, 3.8) is 0 Å². The monoisotopic (exact) mass is 359 g/mol. The third-order valence-corrected chi connectivity index (χ3v) is 6.51. The fourth-order valence-corrected chi connectivity index (χ4v) is 4.43. The Morgan fingerprint density at radius 2 is 1.32 bits per heavy atom. The molecule has 0 aliphatic heterocycles. The molecule has 0 aliphatic carbocycles. The van der Waals surface area contributed by atoms with Gasteiger partial charge in [0.2, 0.25) is 0 Å². The largest absolute Gasteiger partial charge is 0.302 e. The van der Waals surface area contributed by atoms with Gasteiger partial charge in [0, 0.05) is 36.1 Å². The molecular weight excluding hydrogens is 330 g/mol. The van der Waals surface area contributed by atoms with E-state index in [0.717, 1.165) is 11.5 Å². The summed E-state index contributed by atoms with van der Waals surface area (Å²) in [7, 11) is 0. The van der Waals surface area contributed by atoms with E-state index in [1.54, 1.807) is 0 Å². The van der Waals surface area contributed by atoms with Crippen LogP contribution < -0.4 is 0 Å². The lowest BCUT2D eigenvalue weighted by molar-refractivity contribution is 0.311. The zero-order valence-corrected chi connectivity index (χ0v) is 16.3. The van der Waals surface area contributed by atoms with Crippen LogP contribution in [-0.2, 0) is 0 Å². The van der Waals surface area contributed by atoms with Crippen LogP contribution in [-0.4, -0.2) is 70.6 Å². The van der Waals surface area contributed by atoms with Crippen molar-refractivity contribution in [3.05, 3.63) is 0 Å². The van der Waals surface area contributed by atoms with Crippen LogP contribution in [0.25, 0.3) is 0 Å². The molecule has 0 aliphatic rings. The highest BCUT2D eigenvalue weighted by Crippen LogP contribution is 2.07. The second-order valence-corrected chi connectivity index (χ2v) is 8.80. The molecule has 1 nitrogen and oxygen atoms in total. The third-order valence-electron chi connectivity index (χ3n) is 2.54. The fourth-order valence-electron chi connectivity index (χ4n) is 1.59. The van der Waals surface area contributed by atoms with Crippen molar-refractivity contribution >= 4 is 60.5 Å². The SMILES string of the molecule is CCSCCCN(CCSCCS)CCSCCS. The summed E-state index contributed by atoms with van der Waals surface area (Å²) in [5.74, 6) is 9.40. The molecule has 0 bridgehead atoms. The van der Waals surface area contributed by atoms with Gasteiger partial charge >= 0.3 is 0 Å². The molecule has 0 fully saturated rings. The predicted octanol–water partition coefficient (Wildman–Crippen LogP) is 3.76. The number of nitrogens with zero attached hydrogens (tertiary/aromatic N) is 1. The lowest BCUT2D eigenvalue weighted by atomic mass is 10.4. The number of hydrogen-bond acceptors (Lipinski definition) is 6. The van der Waals surface area contributed by atoms with Crippen LogP contribution in [0.3, 0.4) is 0 Å². The summed E-state index contributed by atoms with van der Waals surface area (Å²) >= 11 is 14.6. The zero-order valence-electron chi connectivity index (χ0n) is 12.1. The summed E-state index contributed by atoms with van der Waals surface area (Å²) in [5, 5.41) is 0. The molecule has 0 unspecified atom stereocenters. The number of hydrogen-bond donors (Lipinski definition) is 2. The highest BCUT2D eigenvalue weighted by molar-refractivity contribution is 8.00. The third kappa shape index (κ3) is 15.9. The molecule has 0 N–H and O–H groups in total. The van der Waals surface area contributed by atoms with Gasteiger partial charge in [-0.2, -0.15) is 60.5 Å². The normalized spacial score (nSPS) is 11.4. The maximum absolute atomic E-state index is 4.26. The minimum absolute atomic E-state index is 0.996. The Kier molecular flexibility index (Phi) is 19.4. The van der Waals surface area contributed by atoms with Gasteiger partial charge in [0.05, 0.1) is 0 Å². The Bertz CT molecular complexity index is 143. The van der Waals surface area contributed by atoms with Crippen molar-refractivity contribution in [1.82, 2.24) is 4.90 Å². The van der Waals surface area contributed by atoms with E-state index in [2.05, 4.69) is 48.8 Å². The molecule has 0 amide bonds. The molecule has 0 rings (SSSR count). The minimum Gasteiger partial charge on any atom is -0.302 e. The molecule has 19 heavy (non-hydrogen) atoms. The van der Waals surface area contributed by atoms with Crippen LogP contribution in [0, 0.1) is 0 Å². The van der Waals surface area contributed by atoms with Gasteiger partial charge in [-0.15, -0.1) is 0 Å². The second kappa shape index (κ2) is 17.8. The molecule has 0 saturated heterocycles. The number of rotatable bonds is 15. The maximum atomic E-state index is 4.26. The molecule has 0 heterocycles. The molecule has 0 saturated carbocycles. The topological polar surface area (TPSA) is 3.24 Å². The van der Waals surface area contributed by atoms with Crippen LogP contribution in [0.5, 0.6) is 0 Å². The lowest BCUT2D eigenvalue weighted by Crippen LogP contribution is -2.30. The molecule has 0 aromatic carbocycles. The van der Waals surface area contributed by atoms with Gasteiger partial charge < -0.3 is 4.90 Å². The summed E-state index contributed by atoms with van der Waals surface area (Å²) in [6.45, 7) is 5.97. The standard InChI is InChI=1S/C13H29NS5/c1-2-17-9-3-4-14(5-10-18-12-7-15)6-11-19-13-8-16/h15-16H,2-13H2,1H3. The van der Waals surface area contributed by atoms with E-state index in [1.807, 2.05) is 23.5 Å². The van der Waals surface area contributed by atoms with Crippen LogP contribution in [0.15, 0.2) is 0 Å². The van der Waals surface area contributed by atoms with E-state index in [0.29, 0.717) is 0 Å². The molecule has 0 radical (unpaired) electrons.